The number of nitrogens with zero attached hydrogens (tertiary/aromatic N) is 1. The van der Waals surface area contributed by atoms with Gasteiger partial charge in [-0.1, -0.05) is 6.07 Å². The van der Waals surface area contributed by atoms with Crippen molar-refractivity contribution in [2.75, 3.05) is 6.61 Å². The second-order valence-corrected chi connectivity index (χ2v) is 5.81. The number of rotatable bonds is 5. The van der Waals surface area contributed by atoms with Crippen LogP contribution in [0.25, 0.3) is 0 Å². The zero-order chi connectivity index (χ0) is 12.2. The predicted octanol–water partition coefficient (Wildman–Crippen LogP) is 0.190. The number of aliphatic hydroxyl groups is 1. The lowest BCUT2D eigenvalue weighted by Gasteiger charge is -2.11. The summed E-state index contributed by atoms with van der Waals surface area (Å²) in [7, 11) is -3.46. The molecule has 5 nitrogen and oxygen atoms in total. The van der Waals surface area contributed by atoms with Crippen LogP contribution in [-0.4, -0.2) is 30.4 Å². The summed E-state index contributed by atoms with van der Waals surface area (Å²) in [5.41, 5.74) is 1.50. The zero-order valence-electron chi connectivity index (χ0n) is 9.34. The van der Waals surface area contributed by atoms with Crippen molar-refractivity contribution in [1.29, 1.82) is 0 Å². The van der Waals surface area contributed by atoms with Crippen LogP contribution in [0.3, 0.4) is 0 Å². The fraction of sp³-hybridized carbons (Fsp3) is 0.500. The molecule has 1 rings (SSSR count). The minimum atomic E-state index is -3.46. The molecule has 0 aromatic carbocycles. The summed E-state index contributed by atoms with van der Waals surface area (Å²) in [6, 6.07) is 5.41. The molecule has 16 heavy (non-hydrogen) atoms. The molecule has 0 saturated heterocycles. The molecular formula is C10H16N2O3S. The molecule has 1 aromatic rings. The minimum Gasteiger partial charge on any atom is -0.395 e. The molecule has 0 amide bonds. The Hall–Kier alpha value is -0.980. The van der Waals surface area contributed by atoms with Crippen LogP contribution in [0.1, 0.15) is 18.3 Å². The van der Waals surface area contributed by atoms with Crippen molar-refractivity contribution in [1.82, 2.24) is 9.71 Å². The summed E-state index contributed by atoms with van der Waals surface area (Å²) >= 11 is 0. The summed E-state index contributed by atoms with van der Waals surface area (Å²) in [4.78, 5) is 4.17. The van der Waals surface area contributed by atoms with Crippen molar-refractivity contribution in [2.24, 2.45) is 0 Å². The summed E-state index contributed by atoms with van der Waals surface area (Å²) in [5, 5.41) is 7.97. The van der Waals surface area contributed by atoms with Gasteiger partial charge in [-0.3, -0.25) is 4.98 Å². The molecule has 6 heteroatoms. The standard InChI is InChI=1S/C10H16N2O3S/c1-8-4-3-5-10(12-8)6-11-16(14,15)9(2)7-13/h3-5,9,11,13H,6-7H2,1-2H3. The lowest BCUT2D eigenvalue weighted by atomic mass is 10.3. The third kappa shape index (κ3) is 3.55. The molecular weight excluding hydrogens is 228 g/mol. The van der Waals surface area contributed by atoms with Gasteiger partial charge < -0.3 is 5.11 Å². The minimum absolute atomic E-state index is 0.147. The summed E-state index contributed by atoms with van der Waals surface area (Å²) in [6.45, 7) is 3.05. The first-order valence-corrected chi connectivity index (χ1v) is 6.52. The Morgan fingerprint density at radius 3 is 2.75 bits per heavy atom. The molecule has 0 saturated carbocycles. The van der Waals surface area contributed by atoms with Crippen molar-refractivity contribution in [3.63, 3.8) is 0 Å². The monoisotopic (exact) mass is 244 g/mol. The summed E-state index contributed by atoms with van der Waals surface area (Å²) in [6.07, 6.45) is 0. The third-order valence-corrected chi connectivity index (χ3v) is 3.94. The van der Waals surface area contributed by atoms with E-state index in [0.29, 0.717) is 5.69 Å². The van der Waals surface area contributed by atoms with Gasteiger partial charge >= 0.3 is 0 Å². The number of nitrogens with one attached hydrogen (secondary N) is 1. The van der Waals surface area contributed by atoms with E-state index in [1.807, 2.05) is 19.1 Å². The Morgan fingerprint density at radius 1 is 1.50 bits per heavy atom. The van der Waals surface area contributed by atoms with Crippen LogP contribution < -0.4 is 4.72 Å². The lowest BCUT2D eigenvalue weighted by Crippen LogP contribution is -2.34. The fourth-order valence-electron chi connectivity index (χ4n) is 1.11. The number of aliphatic hydroxyl groups excluding tert-OH is 1. The second-order valence-electron chi connectivity index (χ2n) is 3.63. The Morgan fingerprint density at radius 2 is 2.19 bits per heavy atom. The van der Waals surface area contributed by atoms with Crippen LogP contribution in [0.5, 0.6) is 0 Å². The molecule has 0 aliphatic rings. The van der Waals surface area contributed by atoms with Crippen molar-refractivity contribution in [3.8, 4) is 0 Å². The first kappa shape index (κ1) is 13.1. The maximum absolute atomic E-state index is 11.5. The normalized spacial score (nSPS) is 13.7. The van der Waals surface area contributed by atoms with E-state index in [4.69, 9.17) is 5.11 Å². The number of pyridine rings is 1. The predicted molar refractivity (Wildman–Crippen MR) is 61.3 cm³/mol. The molecule has 0 aliphatic carbocycles. The zero-order valence-corrected chi connectivity index (χ0v) is 10.2. The Kier molecular flexibility index (Phi) is 4.40. The second kappa shape index (κ2) is 5.38. The number of aryl methyl sites for hydroxylation is 1. The van der Waals surface area contributed by atoms with E-state index in [9.17, 15) is 8.42 Å². The Bertz CT molecular complexity index is 445. The number of hydrogen-bond acceptors (Lipinski definition) is 4. The van der Waals surface area contributed by atoms with Crippen molar-refractivity contribution >= 4 is 10.0 Å². The van der Waals surface area contributed by atoms with Crippen molar-refractivity contribution < 1.29 is 13.5 Å². The molecule has 0 radical (unpaired) electrons. The number of sulfonamides is 1. The SMILES string of the molecule is Cc1cccc(CNS(=O)(=O)C(C)CO)n1. The fourth-order valence-corrected chi connectivity index (χ4v) is 1.94. The van der Waals surface area contributed by atoms with Crippen LogP contribution in [0.4, 0.5) is 0 Å². The third-order valence-electron chi connectivity index (χ3n) is 2.19. The summed E-state index contributed by atoms with van der Waals surface area (Å²) in [5.74, 6) is 0. The first-order valence-electron chi connectivity index (χ1n) is 4.97. The molecule has 1 unspecified atom stereocenters. The van der Waals surface area contributed by atoms with Gasteiger partial charge in [-0.05, 0) is 26.0 Å². The maximum atomic E-state index is 11.5. The van der Waals surface area contributed by atoms with E-state index in [0.717, 1.165) is 5.69 Å². The van der Waals surface area contributed by atoms with Crippen LogP contribution >= 0.6 is 0 Å². The van der Waals surface area contributed by atoms with E-state index >= 15 is 0 Å². The van der Waals surface area contributed by atoms with Gasteiger partial charge in [-0.15, -0.1) is 0 Å². The lowest BCUT2D eigenvalue weighted by molar-refractivity contribution is 0.294. The Labute approximate surface area is 95.6 Å². The van der Waals surface area contributed by atoms with Gasteiger partial charge in [0, 0.05) is 5.69 Å². The molecule has 1 aromatic heterocycles. The highest BCUT2D eigenvalue weighted by molar-refractivity contribution is 7.90. The van der Waals surface area contributed by atoms with E-state index in [2.05, 4.69) is 9.71 Å². The van der Waals surface area contributed by atoms with Crippen molar-refractivity contribution in [3.05, 3.63) is 29.6 Å². The molecule has 0 spiro atoms. The van der Waals surface area contributed by atoms with E-state index in [-0.39, 0.29) is 6.54 Å². The van der Waals surface area contributed by atoms with Gasteiger partial charge in [-0.25, -0.2) is 13.1 Å². The quantitative estimate of drug-likeness (QED) is 0.775. The van der Waals surface area contributed by atoms with Gasteiger partial charge in [0.25, 0.3) is 0 Å². The number of hydrogen-bond donors (Lipinski definition) is 2. The largest absolute Gasteiger partial charge is 0.395 e. The summed E-state index contributed by atoms with van der Waals surface area (Å²) < 4.78 is 25.4. The van der Waals surface area contributed by atoms with Gasteiger partial charge in [0.2, 0.25) is 10.0 Å². The number of aromatic nitrogens is 1. The molecule has 0 bridgehead atoms. The van der Waals surface area contributed by atoms with Crippen molar-refractivity contribution in [2.45, 2.75) is 25.6 Å². The average molecular weight is 244 g/mol. The van der Waals surface area contributed by atoms with Crippen LogP contribution in [0.2, 0.25) is 0 Å². The van der Waals surface area contributed by atoms with Gasteiger partial charge in [0.15, 0.2) is 0 Å². The van der Waals surface area contributed by atoms with E-state index in [1.165, 1.54) is 6.92 Å². The van der Waals surface area contributed by atoms with Crippen LogP contribution in [0.15, 0.2) is 18.2 Å². The molecule has 0 fully saturated rings. The first-order chi connectivity index (χ1) is 7.45. The smallest absolute Gasteiger partial charge is 0.216 e. The van der Waals surface area contributed by atoms with Gasteiger partial charge in [0.1, 0.15) is 0 Å². The molecule has 2 N–H and O–H groups in total. The maximum Gasteiger partial charge on any atom is 0.216 e. The molecule has 1 atom stereocenters. The molecule has 0 aliphatic heterocycles. The van der Waals surface area contributed by atoms with Crippen LogP contribution in [-0.2, 0) is 16.6 Å². The van der Waals surface area contributed by atoms with E-state index in [1.54, 1.807) is 6.07 Å². The highest BCUT2D eigenvalue weighted by Crippen LogP contribution is 2.01. The Balaban J connectivity index is 2.65. The highest BCUT2D eigenvalue weighted by Gasteiger charge is 2.19. The topological polar surface area (TPSA) is 79.3 Å². The molecule has 90 valence electrons. The van der Waals surface area contributed by atoms with E-state index < -0.39 is 21.9 Å². The highest BCUT2D eigenvalue weighted by atomic mass is 32.2. The van der Waals surface area contributed by atoms with Crippen LogP contribution in [0, 0.1) is 6.92 Å². The average Bonchev–Trinajstić information content (AvgIpc) is 2.25. The van der Waals surface area contributed by atoms with Gasteiger partial charge in [-0.2, -0.15) is 0 Å². The van der Waals surface area contributed by atoms with Gasteiger partial charge in [0.05, 0.1) is 24.1 Å². The molecule has 1 heterocycles.